The normalized spacial score (nSPS) is 16.1. The summed E-state index contributed by atoms with van der Waals surface area (Å²) < 4.78 is 5.12. The number of carbonyl (C=O) groups is 3. The Morgan fingerprint density at radius 3 is 2.52 bits per heavy atom. The molecule has 6 nitrogen and oxygen atoms in total. The highest BCUT2D eigenvalue weighted by Gasteiger charge is 2.37. The Morgan fingerprint density at radius 2 is 1.83 bits per heavy atom. The fourth-order valence-corrected chi connectivity index (χ4v) is 3.68. The summed E-state index contributed by atoms with van der Waals surface area (Å²) in [5, 5.41) is 3.50. The summed E-state index contributed by atoms with van der Waals surface area (Å²) in [4.78, 5) is 38.2. The molecule has 1 N–H and O–H groups in total. The second-order valence-corrected chi connectivity index (χ2v) is 7.88. The highest BCUT2D eigenvalue weighted by atomic mass is 35.5. The zero-order valence-corrected chi connectivity index (χ0v) is 17.5. The number of nitrogens with one attached hydrogen (secondary N) is 1. The number of ether oxygens (including phenoxy) is 1. The number of benzene rings is 2. The zero-order chi connectivity index (χ0) is 21.1. The van der Waals surface area contributed by atoms with Crippen LogP contribution >= 0.6 is 23.2 Å². The maximum absolute atomic E-state index is 12.3. The van der Waals surface area contributed by atoms with Crippen LogP contribution in [0.3, 0.4) is 0 Å². The van der Waals surface area contributed by atoms with Crippen LogP contribution in [-0.4, -0.2) is 30.9 Å². The molecule has 0 radical (unpaired) electrons. The van der Waals surface area contributed by atoms with E-state index in [4.69, 9.17) is 27.9 Å². The topological polar surface area (TPSA) is 75.7 Å². The van der Waals surface area contributed by atoms with Gasteiger partial charge in [-0.05, 0) is 55.3 Å². The van der Waals surface area contributed by atoms with Crippen molar-refractivity contribution in [1.29, 1.82) is 0 Å². The van der Waals surface area contributed by atoms with Crippen LogP contribution in [0, 0.1) is 19.8 Å². The van der Waals surface area contributed by atoms with Gasteiger partial charge in [-0.15, -0.1) is 0 Å². The van der Waals surface area contributed by atoms with E-state index in [1.165, 1.54) is 4.90 Å². The second-order valence-electron chi connectivity index (χ2n) is 7.03. The number of carbonyl (C=O) groups excluding carboxylic acids is 3. The van der Waals surface area contributed by atoms with Crippen molar-refractivity contribution < 1.29 is 19.1 Å². The molecule has 0 saturated carbocycles. The van der Waals surface area contributed by atoms with E-state index in [-0.39, 0.29) is 18.9 Å². The van der Waals surface area contributed by atoms with Crippen LogP contribution in [0.4, 0.5) is 11.4 Å². The van der Waals surface area contributed by atoms with Gasteiger partial charge in [-0.3, -0.25) is 14.4 Å². The van der Waals surface area contributed by atoms with Gasteiger partial charge in [0, 0.05) is 23.7 Å². The number of hydrogen-bond acceptors (Lipinski definition) is 4. The van der Waals surface area contributed by atoms with Crippen LogP contribution in [-0.2, 0) is 19.1 Å². The maximum Gasteiger partial charge on any atom is 0.311 e. The number of rotatable bonds is 5. The van der Waals surface area contributed by atoms with Crippen molar-refractivity contribution >= 4 is 52.4 Å². The van der Waals surface area contributed by atoms with Gasteiger partial charge in [-0.1, -0.05) is 29.3 Å². The second kappa shape index (κ2) is 8.84. The summed E-state index contributed by atoms with van der Waals surface area (Å²) in [6.07, 6.45) is -0.0135. The molecular formula is C21H20Cl2N2O4. The average Bonchev–Trinajstić information content (AvgIpc) is 3.02. The third kappa shape index (κ3) is 5.28. The number of anilines is 2. The molecule has 3 rings (SSSR count). The molecule has 1 heterocycles. The van der Waals surface area contributed by atoms with E-state index in [1.54, 1.807) is 18.2 Å². The van der Waals surface area contributed by atoms with Crippen molar-refractivity contribution in [2.75, 3.05) is 23.4 Å². The summed E-state index contributed by atoms with van der Waals surface area (Å²) in [6, 6.07) is 10.4. The Balaban J connectivity index is 1.56. The predicted molar refractivity (Wildman–Crippen MR) is 112 cm³/mol. The molecule has 0 unspecified atom stereocenters. The predicted octanol–water partition coefficient (Wildman–Crippen LogP) is 4.15. The summed E-state index contributed by atoms with van der Waals surface area (Å²) in [5.41, 5.74) is 3.12. The van der Waals surface area contributed by atoms with E-state index in [9.17, 15) is 14.4 Å². The maximum atomic E-state index is 12.3. The molecule has 8 heteroatoms. The van der Waals surface area contributed by atoms with Gasteiger partial charge in [0.1, 0.15) is 0 Å². The lowest BCUT2D eigenvalue weighted by molar-refractivity contribution is -0.151. The van der Waals surface area contributed by atoms with Gasteiger partial charge < -0.3 is 15.0 Å². The van der Waals surface area contributed by atoms with Gasteiger partial charge in [-0.2, -0.15) is 0 Å². The molecule has 2 aromatic carbocycles. The molecular weight excluding hydrogens is 415 g/mol. The Bertz CT molecular complexity index is 957. The SMILES string of the molecule is Cc1cc(C)cc(NC(=O)COC(=O)[C@H]2CC(=O)N(c3cc(Cl)ccc3Cl)C2)c1. The first-order valence-corrected chi connectivity index (χ1v) is 9.78. The highest BCUT2D eigenvalue weighted by Crippen LogP contribution is 2.33. The van der Waals surface area contributed by atoms with Crippen LogP contribution in [0.5, 0.6) is 0 Å². The Kier molecular flexibility index (Phi) is 6.45. The number of nitrogens with zero attached hydrogens (tertiary/aromatic N) is 1. The molecule has 152 valence electrons. The minimum Gasteiger partial charge on any atom is -0.455 e. The minimum absolute atomic E-state index is 0.0135. The molecule has 1 aliphatic heterocycles. The summed E-state index contributed by atoms with van der Waals surface area (Å²) in [5.74, 6) is -1.97. The van der Waals surface area contributed by atoms with Crippen molar-refractivity contribution in [3.05, 3.63) is 57.6 Å². The number of esters is 1. The summed E-state index contributed by atoms with van der Waals surface area (Å²) in [7, 11) is 0. The summed E-state index contributed by atoms with van der Waals surface area (Å²) >= 11 is 12.1. The van der Waals surface area contributed by atoms with Crippen LogP contribution in [0.15, 0.2) is 36.4 Å². The lowest BCUT2D eigenvalue weighted by atomic mass is 10.1. The van der Waals surface area contributed by atoms with Crippen LogP contribution in [0.25, 0.3) is 0 Å². The van der Waals surface area contributed by atoms with Crippen LogP contribution in [0.2, 0.25) is 10.0 Å². The minimum atomic E-state index is -0.674. The van der Waals surface area contributed by atoms with Crippen molar-refractivity contribution in [3.8, 4) is 0 Å². The van der Waals surface area contributed by atoms with Crippen molar-refractivity contribution in [3.63, 3.8) is 0 Å². The van der Waals surface area contributed by atoms with E-state index < -0.39 is 24.4 Å². The molecule has 0 bridgehead atoms. The monoisotopic (exact) mass is 434 g/mol. The zero-order valence-electron chi connectivity index (χ0n) is 16.0. The van der Waals surface area contributed by atoms with Gasteiger partial charge >= 0.3 is 5.97 Å². The Morgan fingerprint density at radius 1 is 1.14 bits per heavy atom. The van der Waals surface area contributed by atoms with Gasteiger partial charge in [0.25, 0.3) is 5.91 Å². The number of halogens is 2. The van der Waals surface area contributed by atoms with E-state index in [0.717, 1.165) is 11.1 Å². The van der Waals surface area contributed by atoms with Crippen molar-refractivity contribution in [2.24, 2.45) is 5.92 Å². The first-order valence-electron chi connectivity index (χ1n) is 9.03. The molecule has 1 fully saturated rings. The van der Waals surface area contributed by atoms with Crippen LogP contribution in [0.1, 0.15) is 17.5 Å². The van der Waals surface area contributed by atoms with E-state index in [2.05, 4.69) is 5.32 Å². The molecule has 1 aliphatic rings. The largest absolute Gasteiger partial charge is 0.455 e. The van der Waals surface area contributed by atoms with Gasteiger partial charge in [0.15, 0.2) is 6.61 Å². The number of hydrogen-bond donors (Lipinski definition) is 1. The van der Waals surface area contributed by atoms with Gasteiger partial charge in [0.05, 0.1) is 16.6 Å². The molecule has 1 atom stereocenters. The first kappa shape index (κ1) is 21.1. The highest BCUT2D eigenvalue weighted by molar-refractivity contribution is 6.35. The molecule has 29 heavy (non-hydrogen) atoms. The van der Waals surface area contributed by atoms with Crippen molar-refractivity contribution in [1.82, 2.24) is 0 Å². The quantitative estimate of drug-likeness (QED) is 0.717. The third-order valence-corrected chi connectivity index (χ3v) is 5.06. The van der Waals surface area contributed by atoms with E-state index in [0.29, 0.717) is 21.4 Å². The molecule has 0 aromatic heterocycles. The lowest BCUT2D eigenvalue weighted by Crippen LogP contribution is -2.28. The van der Waals surface area contributed by atoms with E-state index >= 15 is 0 Å². The summed E-state index contributed by atoms with van der Waals surface area (Å²) in [6.45, 7) is 3.56. The lowest BCUT2D eigenvalue weighted by Gasteiger charge is -2.18. The first-order chi connectivity index (χ1) is 13.7. The molecule has 0 aliphatic carbocycles. The Hall–Kier alpha value is -2.57. The van der Waals surface area contributed by atoms with Crippen molar-refractivity contribution in [2.45, 2.75) is 20.3 Å². The number of amides is 2. The fourth-order valence-electron chi connectivity index (χ4n) is 3.29. The molecule has 2 amide bonds. The molecule has 1 saturated heterocycles. The van der Waals surface area contributed by atoms with Gasteiger partial charge in [-0.25, -0.2) is 0 Å². The smallest absolute Gasteiger partial charge is 0.311 e. The fraction of sp³-hybridized carbons (Fsp3) is 0.286. The number of aryl methyl sites for hydroxylation is 2. The average molecular weight is 435 g/mol. The van der Waals surface area contributed by atoms with E-state index in [1.807, 2.05) is 32.0 Å². The third-order valence-electron chi connectivity index (χ3n) is 4.51. The molecule has 2 aromatic rings. The van der Waals surface area contributed by atoms with Gasteiger partial charge in [0.2, 0.25) is 5.91 Å². The standard InChI is InChI=1S/C21H20Cl2N2O4/c1-12-5-13(2)7-16(6-12)24-19(26)11-29-21(28)14-8-20(27)25(10-14)18-9-15(22)3-4-17(18)23/h3-7,9,14H,8,10-11H2,1-2H3,(H,24,26)/t14-/m0/s1. The van der Waals surface area contributed by atoms with Crippen LogP contribution < -0.4 is 10.2 Å². The Labute approximate surface area is 178 Å². The molecule has 0 spiro atoms.